The molecule has 1 saturated carbocycles. The molecule has 1 aliphatic carbocycles. The third-order valence-corrected chi connectivity index (χ3v) is 2.83. The molecule has 2 rings (SSSR count). The Balaban J connectivity index is 2.18. The van der Waals surface area contributed by atoms with Crippen LogP contribution in [0, 0.1) is 5.92 Å². The van der Waals surface area contributed by atoms with Crippen molar-refractivity contribution in [3.63, 3.8) is 0 Å². The zero-order valence-corrected chi connectivity index (χ0v) is 8.32. The Bertz CT molecular complexity index is 340. The smallest absolute Gasteiger partial charge is 0.166 e. The van der Waals surface area contributed by atoms with E-state index in [2.05, 4.69) is 0 Å². The molecule has 1 aromatic rings. The molecular weight excluding hydrogens is 176 g/mol. The summed E-state index contributed by atoms with van der Waals surface area (Å²) in [6.07, 6.45) is 3.30. The van der Waals surface area contributed by atoms with Crippen molar-refractivity contribution in [2.24, 2.45) is 5.92 Å². The molecule has 0 radical (unpaired) electrons. The molecule has 0 spiro atoms. The quantitative estimate of drug-likeness (QED) is 0.685. The van der Waals surface area contributed by atoms with Crippen LogP contribution in [-0.2, 0) is 0 Å². The third-order valence-electron chi connectivity index (χ3n) is 2.83. The lowest BCUT2D eigenvalue weighted by atomic mass is 9.80. The number of ketones is 1. The molecule has 2 nitrogen and oxygen atoms in total. The Morgan fingerprint density at radius 2 is 2.21 bits per heavy atom. The first kappa shape index (κ1) is 9.25. The lowest BCUT2D eigenvalue weighted by Crippen LogP contribution is -2.21. The number of ether oxygens (including phenoxy) is 1. The normalized spacial score (nSPS) is 16.1. The van der Waals surface area contributed by atoms with Crippen molar-refractivity contribution in [2.45, 2.75) is 19.3 Å². The van der Waals surface area contributed by atoms with Gasteiger partial charge in [0.25, 0.3) is 0 Å². The standard InChI is InChI=1S/C12H14O2/c1-14-11-7-3-6-10(8-11)12(13)9-4-2-5-9/h3,6-9H,2,4-5H2,1H3. The van der Waals surface area contributed by atoms with E-state index in [9.17, 15) is 4.79 Å². The Labute approximate surface area is 83.9 Å². The molecule has 1 aromatic carbocycles. The summed E-state index contributed by atoms with van der Waals surface area (Å²) in [5.74, 6) is 1.30. The largest absolute Gasteiger partial charge is 0.497 e. The highest BCUT2D eigenvalue weighted by atomic mass is 16.5. The van der Waals surface area contributed by atoms with Crippen LogP contribution in [-0.4, -0.2) is 12.9 Å². The van der Waals surface area contributed by atoms with Crippen molar-refractivity contribution in [1.82, 2.24) is 0 Å². The average molecular weight is 190 g/mol. The minimum atomic E-state index is 0.266. The van der Waals surface area contributed by atoms with E-state index in [1.807, 2.05) is 24.3 Å². The Kier molecular flexibility index (Phi) is 2.53. The molecule has 14 heavy (non-hydrogen) atoms. The fourth-order valence-corrected chi connectivity index (χ4v) is 1.68. The summed E-state index contributed by atoms with van der Waals surface area (Å²) in [4.78, 5) is 11.8. The molecule has 0 aromatic heterocycles. The highest BCUT2D eigenvalue weighted by molar-refractivity contribution is 5.98. The van der Waals surface area contributed by atoms with E-state index >= 15 is 0 Å². The fourth-order valence-electron chi connectivity index (χ4n) is 1.68. The van der Waals surface area contributed by atoms with Gasteiger partial charge in [-0.25, -0.2) is 0 Å². The number of carbonyl (C=O) groups is 1. The van der Waals surface area contributed by atoms with E-state index < -0.39 is 0 Å². The molecule has 0 atom stereocenters. The molecule has 0 aliphatic heterocycles. The minimum Gasteiger partial charge on any atom is -0.497 e. The van der Waals surface area contributed by atoms with Gasteiger partial charge in [0, 0.05) is 11.5 Å². The van der Waals surface area contributed by atoms with Crippen LogP contribution in [0.3, 0.4) is 0 Å². The fraction of sp³-hybridized carbons (Fsp3) is 0.417. The second-order valence-electron chi connectivity index (χ2n) is 3.72. The van der Waals surface area contributed by atoms with Crippen LogP contribution in [0.2, 0.25) is 0 Å². The zero-order valence-electron chi connectivity index (χ0n) is 8.32. The number of hydrogen-bond acceptors (Lipinski definition) is 2. The summed E-state index contributed by atoms with van der Waals surface area (Å²) in [5.41, 5.74) is 0.786. The number of benzene rings is 1. The maximum absolute atomic E-state index is 11.8. The molecule has 74 valence electrons. The van der Waals surface area contributed by atoms with Gasteiger partial charge in [-0.05, 0) is 25.0 Å². The van der Waals surface area contributed by atoms with Gasteiger partial charge in [-0.2, -0.15) is 0 Å². The van der Waals surface area contributed by atoms with E-state index in [0.717, 1.165) is 24.2 Å². The lowest BCUT2D eigenvalue weighted by molar-refractivity contribution is 0.0855. The highest BCUT2D eigenvalue weighted by Crippen LogP contribution is 2.30. The van der Waals surface area contributed by atoms with Gasteiger partial charge in [0.15, 0.2) is 5.78 Å². The van der Waals surface area contributed by atoms with E-state index in [1.54, 1.807) is 7.11 Å². The molecule has 1 fully saturated rings. The van der Waals surface area contributed by atoms with Crippen molar-refractivity contribution in [3.8, 4) is 5.75 Å². The van der Waals surface area contributed by atoms with Crippen LogP contribution < -0.4 is 4.74 Å². The summed E-state index contributed by atoms with van der Waals surface area (Å²) in [7, 11) is 1.62. The van der Waals surface area contributed by atoms with Gasteiger partial charge in [0.2, 0.25) is 0 Å². The minimum absolute atomic E-state index is 0.266. The number of Topliss-reactive ketones (excluding diaryl/α,β-unsaturated/α-hetero) is 1. The predicted molar refractivity (Wildman–Crippen MR) is 54.7 cm³/mol. The van der Waals surface area contributed by atoms with Crippen molar-refractivity contribution in [3.05, 3.63) is 29.8 Å². The van der Waals surface area contributed by atoms with Gasteiger partial charge < -0.3 is 4.74 Å². The van der Waals surface area contributed by atoms with Crippen LogP contribution in [0.25, 0.3) is 0 Å². The molecular formula is C12H14O2. The second kappa shape index (κ2) is 3.82. The Hall–Kier alpha value is -1.31. The van der Waals surface area contributed by atoms with Gasteiger partial charge >= 0.3 is 0 Å². The van der Waals surface area contributed by atoms with Crippen LogP contribution >= 0.6 is 0 Å². The molecule has 1 aliphatic rings. The van der Waals surface area contributed by atoms with Gasteiger partial charge in [-0.15, -0.1) is 0 Å². The Morgan fingerprint density at radius 3 is 2.79 bits per heavy atom. The SMILES string of the molecule is COc1cccc(C(=O)C2CCC2)c1. The predicted octanol–water partition coefficient (Wildman–Crippen LogP) is 2.68. The maximum atomic E-state index is 11.8. The van der Waals surface area contributed by atoms with E-state index in [0.29, 0.717) is 0 Å². The monoisotopic (exact) mass is 190 g/mol. The summed E-state index contributed by atoms with van der Waals surface area (Å²) in [5, 5.41) is 0. The van der Waals surface area contributed by atoms with E-state index in [1.165, 1.54) is 6.42 Å². The number of carbonyl (C=O) groups excluding carboxylic acids is 1. The maximum Gasteiger partial charge on any atom is 0.166 e. The second-order valence-corrected chi connectivity index (χ2v) is 3.72. The Morgan fingerprint density at radius 1 is 1.43 bits per heavy atom. The van der Waals surface area contributed by atoms with Gasteiger partial charge in [0.1, 0.15) is 5.75 Å². The summed E-state index contributed by atoms with van der Waals surface area (Å²) < 4.78 is 5.08. The van der Waals surface area contributed by atoms with E-state index in [-0.39, 0.29) is 11.7 Å². The molecule has 0 amide bonds. The summed E-state index contributed by atoms with van der Waals surface area (Å²) >= 11 is 0. The van der Waals surface area contributed by atoms with Crippen molar-refractivity contribution in [1.29, 1.82) is 0 Å². The van der Waals surface area contributed by atoms with Crippen LogP contribution in [0.5, 0.6) is 5.75 Å². The van der Waals surface area contributed by atoms with Crippen molar-refractivity contribution < 1.29 is 9.53 Å². The molecule has 2 heteroatoms. The van der Waals surface area contributed by atoms with Crippen LogP contribution in [0.4, 0.5) is 0 Å². The van der Waals surface area contributed by atoms with Crippen molar-refractivity contribution in [2.75, 3.05) is 7.11 Å². The van der Waals surface area contributed by atoms with Gasteiger partial charge in [-0.3, -0.25) is 4.79 Å². The lowest BCUT2D eigenvalue weighted by Gasteiger charge is -2.23. The molecule has 0 heterocycles. The highest BCUT2D eigenvalue weighted by Gasteiger charge is 2.26. The van der Waals surface area contributed by atoms with Gasteiger partial charge in [-0.1, -0.05) is 18.6 Å². The van der Waals surface area contributed by atoms with Crippen LogP contribution in [0.1, 0.15) is 29.6 Å². The summed E-state index contributed by atoms with van der Waals surface area (Å²) in [6, 6.07) is 7.41. The average Bonchev–Trinajstić information content (AvgIpc) is 2.15. The number of hydrogen-bond donors (Lipinski definition) is 0. The molecule has 0 bridgehead atoms. The summed E-state index contributed by atoms with van der Waals surface area (Å²) in [6.45, 7) is 0. The number of methoxy groups -OCH3 is 1. The molecule has 0 unspecified atom stereocenters. The van der Waals surface area contributed by atoms with Gasteiger partial charge in [0.05, 0.1) is 7.11 Å². The third kappa shape index (κ3) is 1.65. The molecule has 0 saturated heterocycles. The first-order valence-corrected chi connectivity index (χ1v) is 4.99. The first-order valence-electron chi connectivity index (χ1n) is 4.99. The number of rotatable bonds is 3. The van der Waals surface area contributed by atoms with Crippen molar-refractivity contribution >= 4 is 5.78 Å². The topological polar surface area (TPSA) is 26.3 Å². The molecule has 0 N–H and O–H groups in total. The van der Waals surface area contributed by atoms with Crippen LogP contribution in [0.15, 0.2) is 24.3 Å². The van der Waals surface area contributed by atoms with E-state index in [4.69, 9.17) is 4.74 Å². The zero-order chi connectivity index (χ0) is 9.97. The first-order chi connectivity index (χ1) is 6.81.